The number of hydrogen-bond donors (Lipinski definition) is 3. The van der Waals surface area contributed by atoms with E-state index in [1.54, 1.807) is 0 Å². The van der Waals surface area contributed by atoms with E-state index in [9.17, 15) is 4.79 Å². The van der Waals surface area contributed by atoms with Crippen molar-refractivity contribution in [3.8, 4) is 0 Å². The van der Waals surface area contributed by atoms with Crippen molar-refractivity contribution in [2.45, 2.75) is 31.7 Å². The number of nitrogens with one attached hydrogen (secondary N) is 2. The third-order valence-electron chi connectivity index (χ3n) is 3.66. The van der Waals surface area contributed by atoms with Gasteiger partial charge in [-0.3, -0.25) is 4.79 Å². The van der Waals surface area contributed by atoms with Crippen LogP contribution in [0.1, 0.15) is 25.7 Å². The zero-order valence-corrected chi connectivity index (χ0v) is 10.2. The predicted octanol–water partition coefficient (Wildman–Crippen LogP) is -0.356. The number of ether oxygens (including phenoxy) is 1. The molecular formula is C12H22N2O3. The van der Waals surface area contributed by atoms with Crippen molar-refractivity contribution in [2.75, 3.05) is 32.9 Å². The van der Waals surface area contributed by atoms with Gasteiger partial charge in [0.25, 0.3) is 0 Å². The van der Waals surface area contributed by atoms with Crippen LogP contribution in [0.25, 0.3) is 0 Å². The summed E-state index contributed by atoms with van der Waals surface area (Å²) in [7, 11) is 0. The van der Waals surface area contributed by atoms with Crippen molar-refractivity contribution >= 4 is 5.91 Å². The van der Waals surface area contributed by atoms with Gasteiger partial charge in [0.05, 0.1) is 6.54 Å². The number of hydrogen-bond acceptors (Lipinski definition) is 4. The summed E-state index contributed by atoms with van der Waals surface area (Å²) < 4.78 is 5.24. The van der Waals surface area contributed by atoms with E-state index in [0.29, 0.717) is 6.54 Å². The van der Waals surface area contributed by atoms with Crippen molar-refractivity contribution in [2.24, 2.45) is 5.41 Å². The third kappa shape index (κ3) is 3.94. The molecule has 2 fully saturated rings. The Kier molecular flexibility index (Phi) is 4.36. The van der Waals surface area contributed by atoms with Crippen LogP contribution in [0.2, 0.25) is 0 Å². The van der Waals surface area contributed by atoms with E-state index in [4.69, 9.17) is 9.84 Å². The van der Waals surface area contributed by atoms with E-state index in [2.05, 4.69) is 10.6 Å². The highest BCUT2D eigenvalue weighted by atomic mass is 16.5. The molecule has 3 N–H and O–H groups in total. The molecule has 1 amide bonds. The molecule has 5 heteroatoms. The van der Waals surface area contributed by atoms with E-state index in [0.717, 1.165) is 45.4 Å². The maximum atomic E-state index is 11.6. The molecule has 0 atom stereocenters. The van der Waals surface area contributed by atoms with Gasteiger partial charge in [-0.1, -0.05) is 0 Å². The SMILES string of the molecule is O=C(CNCC1(CO)CC1)NC1CCOCC1. The summed E-state index contributed by atoms with van der Waals surface area (Å²) in [5.74, 6) is 0.0469. The van der Waals surface area contributed by atoms with E-state index in [1.807, 2.05) is 0 Å². The molecule has 0 aromatic rings. The predicted molar refractivity (Wildman–Crippen MR) is 63.6 cm³/mol. The molecule has 1 aliphatic heterocycles. The monoisotopic (exact) mass is 242 g/mol. The molecule has 1 aliphatic carbocycles. The summed E-state index contributed by atoms with van der Waals surface area (Å²) in [6.07, 6.45) is 3.95. The van der Waals surface area contributed by atoms with Crippen LogP contribution in [0.3, 0.4) is 0 Å². The van der Waals surface area contributed by atoms with Crippen LogP contribution in [0.15, 0.2) is 0 Å². The van der Waals surface area contributed by atoms with Crippen LogP contribution in [0, 0.1) is 5.41 Å². The van der Waals surface area contributed by atoms with Gasteiger partial charge in [-0.2, -0.15) is 0 Å². The number of amides is 1. The third-order valence-corrected chi connectivity index (χ3v) is 3.66. The summed E-state index contributed by atoms with van der Waals surface area (Å²) in [6.45, 7) is 2.80. The van der Waals surface area contributed by atoms with E-state index in [-0.39, 0.29) is 24.0 Å². The Morgan fingerprint density at radius 3 is 2.65 bits per heavy atom. The van der Waals surface area contributed by atoms with Crippen molar-refractivity contribution < 1.29 is 14.6 Å². The molecule has 17 heavy (non-hydrogen) atoms. The lowest BCUT2D eigenvalue weighted by Crippen LogP contribution is -2.44. The van der Waals surface area contributed by atoms with Gasteiger partial charge in [0.1, 0.15) is 0 Å². The van der Waals surface area contributed by atoms with Gasteiger partial charge in [0.15, 0.2) is 0 Å². The van der Waals surface area contributed by atoms with Crippen LogP contribution in [-0.2, 0) is 9.53 Å². The summed E-state index contributed by atoms with van der Waals surface area (Å²) in [6, 6.07) is 0.269. The fourth-order valence-electron chi connectivity index (χ4n) is 2.13. The van der Waals surface area contributed by atoms with Crippen molar-refractivity contribution in [1.82, 2.24) is 10.6 Å². The van der Waals surface area contributed by atoms with Crippen molar-refractivity contribution in [1.29, 1.82) is 0 Å². The normalized spacial score (nSPS) is 23.4. The van der Waals surface area contributed by atoms with Crippen LogP contribution in [0.5, 0.6) is 0 Å². The first kappa shape index (κ1) is 12.8. The molecule has 0 aromatic carbocycles. The number of rotatable bonds is 6. The Balaban J connectivity index is 1.57. The maximum Gasteiger partial charge on any atom is 0.234 e. The quantitative estimate of drug-likeness (QED) is 0.595. The van der Waals surface area contributed by atoms with E-state index in [1.165, 1.54) is 0 Å². The summed E-state index contributed by atoms with van der Waals surface area (Å²) in [5, 5.41) is 15.3. The second-order valence-corrected chi connectivity index (χ2v) is 5.22. The molecule has 0 bridgehead atoms. The summed E-state index contributed by atoms with van der Waals surface area (Å²) in [4.78, 5) is 11.6. The fourth-order valence-corrected chi connectivity index (χ4v) is 2.13. The molecule has 2 aliphatic rings. The van der Waals surface area contributed by atoms with Crippen molar-refractivity contribution in [3.05, 3.63) is 0 Å². The zero-order valence-electron chi connectivity index (χ0n) is 10.2. The molecule has 5 nitrogen and oxygen atoms in total. The molecule has 1 saturated carbocycles. The molecule has 0 unspecified atom stereocenters. The van der Waals surface area contributed by atoms with Crippen LogP contribution < -0.4 is 10.6 Å². The molecule has 1 saturated heterocycles. The molecule has 0 spiro atoms. The second-order valence-electron chi connectivity index (χ2n) is 5.22. The molecule has 98 valence electrons. The van der Waals surface area contributed by atoms with Crippen LogP contribution in [-0.4, -0.2) is 50.0 Å². The zero-order chi connectivity index (χ0) is 12.1. The van der Waals surface area contributed by atoms with Gasteiger partial charge in [-0.05, 0) is 25.7 Å². The summed E-state index contributed by atoms with van der Waals surface area (Å²) >= 11 is 0. The van der Waals surface area contributed by atoms with Crippen LogP contribution in [0.4, 0.5) is 0 Å². The first-order valence-corrected chi connectivity index (χ1v) is 6.43. The van der Waals surface area contributed by atoms with Gasteiger partial charge in [-0.15, -0.1) is 0 Å². The number of aliphatic hydroxyl groups is 1. The van der Waals surface area contributed by atoms with Gasteiger partial charge in [-0.25, -0.2) is 0 Å². The highest BCUT2D eigenvalue weighted by molar-refractivity contribution is 5.78. The van der Waals surface area contributed by atoms with Gasteiger partial charge in [0, 0.05) is 37.8 Å². The molecule has 1 heterocycles. The second kappa shape index (κ2) is 5.80. The highest BCUT2D eigenvalue weighted by Gasteiger charge is 2.41. The minimum atomic E-state index is 0.0469. The van der Waals surface area contributed by atoms with Crippen LogP contribution >= 0.6 is 0 Å². The molecule has 0 aromatic heterocycles. The maximum absolute atomic E-state index is 11.6. The Hall–Kier alpha value is -0.650. The molecule has 2 rings (SSSR count). The summed E-state index contributed by atoms with van der Waals surface area (Å²) in [5.41, 5.74) is 0.0684. The number of carbonyl (C=O) groups is 1. The Morgan fingerprint density at radius 1 is 1.35 bits per heavy atom. The molecular weight excluding hydrogens is 220 g/mol. The van der Waals surface area contributed by atoms with Gasteiger partial charge in [0.2, 0.25) is 5.91 Å². The minimum Gasteiger partial charge on any atom is -0.396 e. The molecule has 0 radical (unpaired) electrons. The van der Waals surface area contributed by atoms with E-state index < -0.39 is 0 Å². The Morgan fingerprint density at radius 2 is 2.06 bits per heavy atom. The Bertz CT molecular complexity index is 260. The largest absolute Gasteiger partial charge is 0.396 e. The highest BCUT2D eigenvalue weighted by Crippen LogP contribution is 2.44. The van der Waals surface area contributed by atoms with Crippen molar-refractivity contribution in [3.63, 3.8) is 0 Å². The topological polar surface area (TPSA) is 70.6 Å². The first-order valence-electron chi connectivity index (χ1n) is 6.43. The standard InChI is InChI=1S/C12H22N2O3/c15-9-12(3-4-12)8-13-7-11(16)14-10-1-5-17-6-2-10/h10,13,15H,1-9H2,(H,14,16). The number of carbonyl (C=O) groups excluding carboxylic acids is 1. The van der Waals surface area contributed by atoms with E-state index >= 15 is 0 Å². The number of aliphatic hydroxyl groups excluding tert-OH is 1. The van der Waals surface area contributed by atoms with Gasteiger partial charge >= 0.3 is 0 Å². The lowest BCUT2D eigenvalue weighted by atomic mass is 10.1. The fraction of sp³-hybridized carbons (Fsp3) is 0.917. The lowest BCUT2D eigenvalue weighted by molar-refractivity contribution is -0.121. The average Bonchev–Trinajstić information content (AvgIpc) is 3.11. The first-order chi connectivity index (χ1) is 8.24. The average molecular weight is 242 g/mol. The lowest BCUT2D eigenvalue weighted by Gasteiger charge is -2.23. The van der Waals surface area contributed by atoms with Gasteiger partial charge < -0.3 is 20.5 Å². The smallest absolute Gasteiger partial charge is 0.234 e. The Labute approximate surface area is 102 Å². The minimum absolute atomic E-state index is 0.0469.